The van der Waals surface area contributed by atoms with Gasteiger partial charge >= 0.3 is 11.6 Å². The van der Waals surface area contributed by atoms with Crippen LogP contribution in [0.3, 0.4) is 0 Å². The molecule has 0 saturated carbocycles. The number of carbonyl (C=O) groups is 1. The Morgan fingerprint density at radius 2 is 2.12 bits per heavy atom. The predicted octanol–water partition coefficient (Wildman–Crippen LogP) is 0.0775. The largest absolute Gasteiger partial charge is 0.437 e. The summed E-state index contributed by atoms with van der Waals surface area (Å²) in [6.07, 6.45) is 0.579. The molecular formula is C22H34N3O6S+. The van der Waals surface area contributed by atoms with E-state index in [2.05, 4.69) is 22.1 Å². The number of thioether (sulfide) groups is 1. The van der Waals surface area contributed by atoms with E-state index < -0.39 is 53.6 Å². The highest BCUT2D eigenvalue weighted by atomic mass is 32.2. The highest BCUT2D eigenvalue weighted by molar-refractivity contribution is 7.99. The van der Waals surface area contributed by atoms with Crippen molar-refractivity contribution >= 4 is 17.7 Å². The van der Waals surface area contributed by atoms with E-state index in [9.17, 15) is 20.1 Å². The van der Waals surface area contributed by atoms with Crippen molar-refractivity contribution in [2.24, 2.45) is 11.8 Å². The molecule has 2 fully saturated rings. The fraction of sp³-hybridized carbons (Fsp3) is 0.727. The molecule has 0 bridgehead atoms. The number of nitrogens with one attached hydrogen (secondary N) is 2. The molecule has 3 rings (SSSR count). The fourth-order valence-corrected chi connectivity index (χ4v) is 5.40. The molecule has 9 nitrogen and oxygen atoms in total. The molecule has 3 aliphatic heterocycles. The van der Waals surface area contributed by atoms with Crippen LogP contribution in [0, 0.1) is 18.4 Å². The van der Waals surface area contributed by atoms with E-state index >= 15 is 0 Å². The number of rotatable bonds is 6. The van der Waals surface area contributed by atoms with Crippen LogP contribution in [0.25, 0.3) is 4.85 Å². The maximum Gasteiger partial charge on any atom is 0.437 e. The van der Waals surface area contributed by atoms with Crippen molar-refractivity contribution in [1.82, 2.24) is 10.6 Å². The van der Waals surface area contributed by atoms with Crippen molar-refractivity contribution in [2.75, 3.05) is 19.4 Å². The number of aliphatic hydroxyl groups excluding tert-OH is 3. The molecular weight excluding hydrogens is 434 g/mol. The zero-order valence-corrected chi connectivity index (χ0v) is 19.5. The first-order valence-corrected chi connectivity index (χ1v) is 12.1. The Labute approximate surface area is 193 Å². The topological polar surface area (TPSA) is 125 Å². The molecule has 2 saturated heterocycles. The highest BCUT2D eigenvalue weighted by Crippen LogP contribution is 2.36. The SMILES string of the molecule is C#[N+][C@]1(C(=O)N[C@H](C(C)C)[C@H]2OC(SC)[C@H](O)C(O)C2O)NC[C@@H]2CC(C=C)=CCO[C@H]21. The van der Waals surface area contributed by atoms with Crippen molar-refractivity contribution in [2.45, 2.75) is 67.9 Å². The van der Waals surface area contributed by atoms with Crippen molar-refractivity contribution < 1.29 is 29.6 Å². The summed E-state index contributed by atoms with van der Waals surface area (Å²) in [6, 6.07) is -0.679. The van der Waals surface area contributed by atoms with Gasteiger partial charge in [-0.25, -0.2) is 5.32 Å². The van der Waals surface area contributed by atoms with Crippen LogP contribution in [-0.4, -0.2) is 88.3 Å². The van der Waals surface area contributed by atoms with Gasteiger partial charge in [0.1, 0.15) is 29.9 Å². The minimum Gasteiger partial charge on any atom is -0.388 e. The molecule has 178 valence electrons. The van der Waals surface area contributed by atoms with Gasteiger partial charge in [0.15, 0.2) is 6.10 Å². The Hall–Kier alpha value is -1.45. The minimum absolute atomic E-state index is 0.0216. The average Bonchev–Trinajstić information content (AvgIpc) is 2.99. The van der Waals surface area contributed by atoms with E-state index in [-0.39, 0.29) is 11.8 Å². The van der Waals surface area contributed by atoms with Crippen LogP contribution in [0.2, 0.25) is 0 Å². The van der Waals surface area contributed by atoms with Crippen molar-refractivity contribution in [3.63, 3.8) is 0 Å². The van der Waals surface area contributed by atoms with Gasteiger partial charge in [0, 0.05) is 12.5 Å². The van der Waals surface area contributed by atoms with Gasteiger partial charge in [0.25, 0.3) is 6.57 Å². The molecule has 0 spiro atoms. The molecule has 0 aliphatic carbocycles. The van der Waals surface area contributed by atoms with E-state index in [1.54, 1.807) is 12.3 Å². The van der Waals surface area contributed by atoms with E-state index in [0.717, 1.165) is 5.57 Å². The van der Waals surface area contributed by atoms with Crippen LogP contribution < -0.4 is 10.6 Å². The van der Waals surface area contributed by atoms with E-state index in [0.29, 0.717) is 19.6 Å². The molecule has 0 radical (unpaired) electrons. The summed E-state index contributed by atoms with van der Waals surface area (Å²) >= 11 is 1.22. The molecule has 0 aromatic heterocycles. The summed E-state index contributed by atoms with van der Waals surface area (Å²) in [4.78, 5) is 17.5. The summed E-state index contributed by atoms with van der Waals surface area (Å²) in [5, 5.41) is 37.2. The first-order valence-electron chi connectivity index (χ1n) is 10.8. The summed E-state index contributed by atoms with van der Waals surface area (Å²) in [6.45, 7) is 14.1. The second-order valence-electron chi connectivity index (χ2n) is 8.90. The smallest absolute Gasteiger partial charge is 0.388 e. The second kappa shape index (κ2) is 10.2. The normalized spacial score (nSPS) is 40.6. The number of nitrogens with zero attached hydrogens (tertiary/aromatic N) is 1. The second-order valence-corrected chi connectivity index (χ2v) is 9.83. The molecule has 3 heterocycles. The number of allylic oxidation sites excluding steroid dienone is 2. The number of fused-ring (bicyclic) bond motifs is 1. The molecule has 3 aliphatic rings. The van der Waals surface area contributed by atoms with Gasteiger partial charge in [-0.1, -0.05) is 32.6 Å². The summed E-state index contributed by atoms with van der Waals surface area (Å²) in [5.41, 5.74) is -1.20. The lowest BCUT2D eigenvalue weighted by atomic mass is 9.87. The number of hydrogen-bond donors (Lipinski definition) is 5. The summed E-state index contributed by atoms with van der Waals surface area (Å²) < 4.78 is 11.9. The zero-order valence-electron chi connectivity index (χ0n) is 18.7. The van der Waals surface area contributed by atoms with Gasteiger partial charge in [0.2, 0.25) is 0 Å². The van der Waals surface area contributed by atoms with Crippen molar-refractivity contribution in [1.29, 1.82) is 0 Å². The van der Waals surface area contributed by atoms with Gasteiger partial charge in [-0.3, -0.25) is 4.79 Å². The minimum atomic E-state index is -1.50. The lowest BCUT2D eigenvalue weighted by Gasteiger charge is -2.44. The fourth-order valence-electron chi connectivity index (χ4n) is 4.72. The zero-order chi connectivity index (χ0) is 23.6. The Kier molecular flexibility index (Phi) is 8.04. The standard InChI is InChI=1S/C22H33N3O6S/c1-6-12-7-8-30-19-13(9-12)10-24-22(19,23-4)21(29)25-14(11(2)3)18-16(27)15(26)17(28)20(31-18)32-5/h4,6-7,11,13-20,24,26-28H,1,8-10H2,2-3,5H3/p+1/t13-,14+,15?,16?,17+,18+,19+,20?,22-/m0/s1. The molecule has 0 aromatic carbocycles. The molecule has 1 amide bonds. The van der Waals surface area contributed by atoms with Crippen molar-refractivity contribution in [3.05, 3.63) is 29.1 Å². The third kappa shape index (κ3) is 4.48. The molecule has 3 unspecified atom stereocenters. The third-order valence-corrected chi connectivity index (χ3v) is 7.47. The van der Waals surface area contributed by atoms with Crippen molar-refractivity contribution in [3.8, 4) is 6.57 Å². The van der Waals surface area contributed by atoms with Gasteiger partial charge in [0.05, 0.1) is 12.6 Å². The number of hydrogen-bond acceptors (Lipinski definition) is 8. The van der Waals surface area contributed by atoms with Crippen LogP contribution in [0.15, 0.2) is 24.3 Å². The monoisotopic (exact) mass is 468 g/mol. The maximum atomic E-state index is 13.6. The Bertz CT molecular complexity index is 784. The van der Waals surface area contributed by atoms with Gasteiger partial charge in [-0.15, -0.1) is 11.8 Å². The maximum absolute atomic E-state index is 13.6. The first-order chi connectivity index (χ1) is 15.2. The van der Waals surface area contributed by atoms with Crippen LogP contribution in [-0.2, 0) is 14.3 Å². The predicted molar refractivity (Wildman–Crippen MR) is 122 cm³/mol. The average molecular weight is 469 g/mol. The number of ether oxygens (including phenoxy) is 2. The molecule has 9 atom stereocenters. The lowest BCUT2D eigenvalue weighted by molar-refractivity contribution is -0.208. The third-order valence-electron chi connectivity index (χ3n) is 6.61. The summed E-state index contributed by atoms with van der Waals surface area (Å²) in [7, 11) is 0. The molecule has 32 heavy (non-hydrogen) atoms. The lowest BCUT2D eigenvalue weighted by Crippen LogP contribution is -2.67. The van der Waals surface area contributed by atoms with E-state index in [1.165, 1.54) is 11.8 Å². The van der Waals surface area contributed by atoms with Gasteiger partial charge in [-0.05, 0) is 29.0 Å². The first kappa shape index (κ1) is 25.2. The highest BCUT2D eigenvalue weighted by Gasteiger charge is 2.65. The van der Waals surface area contributed by atoms with Crippen LogP contribution in [0.5, 0.6) is 0 Å². The van der Waals surface area contributed by atoms with Crippen LogP contribution in [0.4, 0.5) is 0 Å². The Morgan fingerprint density at radius 3 is 2.72 bits per heavy atom. The number of carbonyl (C=O) groups excluding carboxylic acids is 1. The Balaban J connectivity index is 1.83. The number of amides is 1. The van der Waals surface area contributed by atoms with E-state index in [4.69, 9.17) is 16.0 Å². The van der Waals surface area contributed by atoms with Crippen LogP contribution >= 0.6 is 11.8 Å². The van der Waals surface area contributed by atoms with Crippen LogP contribution in [0.1, 0.15) is 20.3 Å². The molecule has 0 aromatic rings. The Morgan fingerprint density at radius 1 is 1.41 bits per heavy atom. The van der Waals surface area contributed by atoms with Gasteiger partial charge in [-0.2, -0.15) is 0 Å². The van der Waals surface area contributed by atoms with E-state index in [1.807, 2.05) is 19.9 Å². The summed E-state index contributed by atoms with van der Waals surface area (Å²) in [5.74, 6) is -0.684. The number of aliphatic hydroxyl groups is 3. The van der Waals surface area contributed by atoms with Gasteiger partial charge < -0.3 is 30.1 Å². The quantitative estimate of drug-likeness (QED) is 0.371. The molecule has 10 heteroatoms. The molecule has 5 N–H and O–H groups in total.